The lowest BCUT2D eigenvalue weighted by Gasteiger charge is -2.24. The highest BCUT2D eigenvalue weighted by atomic mass is 19.4. The van der Waals surface area contributed by atoms with Crippen LogP contribution in [0.15, 0.2) is 12.1 Å². The number of nitrogens with one attached hydrogen (secondary N) is 2. The van der Waals surface area contributed by atoms with Gasteiger partial charge in [0.2, 0.25) is 5.88 Å². The van der Waals surface area contributed by atoms with E-state index in [0.29, 0.717) is 48.2 Å². The van der Waals surface area contributed by atoms with Gasteiger partial charge in [-0.15, -0.1) is 0 Å². The minimum Gasteiger partial charge on any atom is -0.504 e. The van der Waals surface area contributed by atoms with Gasteiger partial charge in [0.15, 0.2) is 11.5 Å². The zero-order chi connectivity index (χ0) is 23.3. The van der Waals surface area contributed by atoms with Gasteiger partial charge >= 0.3 is 12.1 Å². The minimum atomic E-state index is -5.08. The fourth-order valence-corrected chi connectivity index (χ4v) is 2.75. The number of nitriles is 1. The molecule has 0 spiro atoms. The highest BCUT2D eigenvalue weighted by Gasteiger charge is 2.38. The Labute approximate surface area is 174 Å². The van der Waals surface area contributed by atoms with Gasteiger partial charge in [0.25, 0.3) is 0 Å². The molecule has 0 atom stereocenters. The van der Waals surface area contributed by atoms with Crippen LogP contribution in [-0.2, 0) is 11.2 Å². The molecular formula is C19H19F3N4O5. The van der Waals surface area contributed by atoms with Gasteiger partial charge in [0.05, 0.1) is 5.69 Å². The normalized spacial score (nSPS) is 11.6. The largest absolute Gasteiger partial charge is 0.504 e. The van der Waals surface area contributed by atoms with Gasteiger partial charge in [-0.05, 0) is 19.9 Å². The van der Waals surface area contributed by atoms with Crippen molar-refractivity contribution in [2.45, 2.75) is 26.4 Å². The summed E-state index contributed by atoms with van der Waals surface area (Å²) in [6, 6.07) is 5.03. The van der Waals surface area contributed by atoms with Crippen molar-refractivity contribution >= 4 is 17.5 Å². The molecule has 0 radical (unpaired) electrons. The maximum Gasteiger partial charge on any atom is 0.490 e. The van der Waals surface area contributed by atoms with Crippen LogP contribution in [0.3, 0.4) is 0 Å². The van der Waals surface area contributed by atoms with E-state index in [4.69, 9.17) is 14.6 Å². The fourth-order valence-electron chi connectivity index (χ4n) is 2.75. The van der Waals surface area contributed by atoms with E-state index in [0.717, 1.165) is 11.1 Å². The second kappa shape index (κ2) is 9.29. The van der Waals surface area contributed by atoms with Gasteiger partial charge in [-0.3, -0.25) is 0 Å². The summed E-state index contributed by atoms with van der Waals surface area (Å²) in [6.07, 6.45) is -4.64. The number of pyridine rings is 1. The molecule has 1 aliphatic rings. The van der Waals surface area contributed by atoms with Crippen LogP contribution < -0.4 is 15.4 Å². The summed E-state index contributed by atoms with van der Waals surface area (Å²) in [7, 11) is 0. The molecule has 0 unspecified atom stereocenters. The van der Waals surface area contributed by atoms with Crippen LogP contribution in [0.4, 0.5) is 24.7 Å². The number of aromatic nitrogens is 1. The van der Waals surface area contributed by atoms with E-state index >= 15 is 0 Å². The van der Waals surface area contributed by atoms with Crippen LogP contribution in [0, 0.1) is 11.3 Å². The number of carboxylic acids is 1. The maximum absolute atomic E-state index is 10.6. The average molecular weight is 440 g/mol. The Bertz CT molecular complexity index is 1030. The second-order valence-electron chi connectivity index (χ2n) is 6.20. The number of carbonyl (C=O) groups is 1. The average Bonchev–Trinajstić information content (AvgIpc) is 2.68. The number of hydrogen-bond acceptors (Lipinski definition) is 8. The first-order valence-electron chi connectivity index (χ1n) is 9.00. The third kappa shape index (κ3) is 5.19. The number of anilines is 2. The number of aromatic hydroxyl groups is 2. The number of phenolic OH excluding ortho intramolecular Hbond substituents is 2. The highest BCUT2D eigenvalue weighted by Crippen LogP contribution is 2.45. The van der Waals surface area contributed by atoms with Crippen molar-refractivity contribution in [3.63, 3.8) is 0 Å². The molecule has 0 amide bonds. The van der Waals surface area contributed by atoms with Crippen molar-refractivity contribution in [3.05, 3.63) is 28.8 Å². The lowest BCUT2D eigenvalue weighted by molar-refractivity contribution is -0.192. The molecule has 166 valence electrons. The Balaban J connectivity index is 0.000000423. The quantitative estimate of drug-likeness (QED) is 0.384. The Morgan fingerprint density at radius 2 is 1.81 bits per heavy atom. The molecule has 0 fully saturated rings. The smallest absolute Gasteiger partial charge is 0.490 e. The molecule has 1 aromatic heterocycles. The molecule has 31 heavy (non-hydrogen) atoms. The monoisotopic (exact) mass is 440 g/mol. The summed E-state index contributed by atoms with van der Waals surface area (Å²) in [5.74, 6) is -1.92. The van der Waals surface area contributed by atoms with E-state index < -0.39 is 12.1 Å². The van der Waals surface area contributed by atoms with Gasteiger partial charge in [0, 0.05) is 36.7 Å². The number of rotatable bonds is 4. The van der Waals surface area contributed by atoms with E-state index in [1.165, 1.54) is 12.1 Å². The summed E-state index contributed by atoms with van der Waals surface area (Å²) in [5, 5.41) is 42.3. The van der Waals surface area contributed by atoms with E-state index in [-0.39, 0.29) is 11.5 Å². The van der Waals surface area contributed by atoms with Crippen molar-refractivity contribution in [3.8, 4) is 29.2 Å². The highest BCUT2D eigenvalue weighted by molar-refractivity contribution is 5.76. The van der Waals surface area contributed by atoms with Gasteiger partial charge in [0.1, 0.15) is 23.2 Å². The number of aliphatic carboxylic acids is 1. The second-order valence-corrected chi connectivity index (χ2v) is 6.20. The SMILES string of the molecule is CCNc1nc2c(c(NCC)c1C#N)Cc1cc(O)c(O)cc1O2.O=C(O)C(F)(F)F. The van der Waals surface area contributed by atoms with Crippen molar-refractivity contribution in [2.24, 2.45) is 0 Å². The number of fused-ring (bicyclic) bond motifs is 2. The van der Waals surface area contributed by atoms with Crippen LogP contribution in [-0.4, -0.2) is 45.5 Å². The number of phenols is 2. The van der Waals surface area contributed by atoms with E-state index in [9.17, 15) is 28.6 Å². The molecule has 3 rings (SSSR count). The summed E-state index contributed by atoms with van der Waals surface area (Å²) >= 11 is 0. The molecular weight excluding hydrogens is 421 g/mol. The van der Waals surface area contributed by atoms with Crippen LogP contribution in [0.5, 0.6) is 23.1 Å². The zero-order valence-electron chi connectivity index (χ0n) is 16.5. The molecule has 9 nitrogen and oxygen atoms in total. The van der Waals surface area contributed by atoms with Crippen molar-refractivity contribution in [1.82, 2.24) is 4.98 Å². The standard InChI is InChI=1S/C17H18N4O3.C2HF3O2/c1-3-19-15-10-5-9-6-12(22)13(23)7-14(9)24-17(10)21-16(20-4-2)11(15)8-18;3-2(4,5)1(6)7/h6-7,22-23H,3-5H2,1-2H3,(H2,19,20,21);(H,6,7). The number of carboxylic acid groups (broad SMARTS) is 1. The summed E-state index contributed by atoms with van der Waals surface area (Å²) in [6.45, 7) is 5.14. The van der Waals surface area contributed by atoms with Crippen LogP contribution in [0.2, 0.25) is 0 Å². The van der Waals surface area contributed by atoms with Gasteiger partial charge in [-0.25, -0.2) is 4.79 Å². The van der Waals surface area contributed by atoms with Gasteiger partial charge in [-0.2, -0.15) is 23.4 Å². The predicted molar refractivity (Wildman–Crippen MR) is 104 cm³/mol. The van der Waals surface area contributed by atoms with Gasteiger partial charge in [-0.1, -0.05) is 0 Å². The molecule has 2 aromatic rings. The van der Waals surface area contributed by atoms with Crippen LogP contribution >= 0.6 is 0 Å². The van der Waals surface area contributed by atoms with Crippen molar-refractivity contribution in [2.75, 3.05) is 23.7 Å². The number of alkyl halides is 3. The molecule has 0 bridgehead atoms. The summed E-state index contributed by atoms with van der Waals surface area (Å²) < 4.78 is 37.6. The van der Waals surface area contributed by atoms with Gasteiger partial charge < -0.3 is 30.7 Å². The number of hydrogen-bond donors (Lipinski definition) is 5. The molecule has 0 aliphatic carbocycles. The Morgan fingerprint density at radius 1 is 1.23 bits per heavy atom. The first kappa shape index (κ1) is 23.4. The number of nitrogens with zero attached hydrogens (tertiary/aromatic N) is 2. The summed E-state index contributed by atoms with van der Waals surface area (Å²) in [4.78, 5) is 13.3. The lowest BCUT2D eigenvalue weighted by atomic mass is 9.98. The summed E-state index contributed by atoms with van der Waals surface area (Å²) in [5.41, 5.74) is 2.60. The third-order valence-corrected chi connectivity index (χ3v) is 4.04. The Hall–Kier alpha value is -3.88. The van der Waals surface area contributed by atoms with Crippen molar-refractivity contribution < 1.29 is 38.0 Å². The predicted octanol–water partition coefficient (Wildman–Crippen LogP) is 3.56. The molecule has 0 saturated carbocycles. The topological polar surface area (TPSA) is 148 Å². The molecule has 1 aliphatic heterocycles. The first-order valence-corrected chi connectivity index (χ1v) is 9.00. The zero-order valence-corrected chi connectivity index (χ0v) is 16.5. The minimum absolute atomic E-state index is 0.205. The molecule has 2 heterocycles. The Kier molecular flexibility index (Phi) is 7.01. The molecule has 5 N–H and O–H groups in total. The molecule has 12 heteroatoms. The fraction of sp³-hybridized carbons (Fsp3) is 0.316. The van der Waals surface area contributed by atoms with E-state index in [1.54, 1.807) is 0 Å². The number of benzene rings is 1. The Morgan fingerprint density at radius 3 is 2.32 bits per heavy atom. The first-order chi connectivity index (χ1) is 14.5. The maximum atomic E-state index is 10.6. The van der Waals surface area contributed by atoms with Crippen LogP contribution in [0.1, 0.15) is 30.5 Å². The van der Waals surface area contributed by atoms with E-state index in [2.05, 4.69) is 21.7 Å². The lowest BCUT2D eigenvalue weighted by Crippen LogP contribution is -2.21. The van der Waals surface area contributed by atoms with Crippen molar-refractivity contribution in [1.29, 1.82) is 5.26 Å². The number of halogens is 3. The van der Waals surface area contributed by atoms with E-state index in [1.807, 2.05) is 13.8 Å². The van der Waals surface area contributed by atoms with Crippen LogP contribution in [0.25, 0.3) is 0 Å². The third-order valence-electron chi connectivity index (χ3n) is 4.04. The number of ether oxygens (including phenoxy) is 1. The molecule has 1 aromatic carbocycles. The molecule has 0 saturated heterocycles.